The molecule has 8 heteroatoms. The molecule has 5 aromatic rings. The van der Waals surface area contributed by atoms with Crippen LogP contribution in [-0.4, -0.2) is 25.1 Å². The molecule has 0 spiro atoms. The summed E-state index contributed by atoms with van der Waals surface area (Å²) in [6, 6.07) is 18.8. The Labute approximate surface area is 209 Å². The SMILES string of the molecule is COc1cc2c(cc1NC(=O)[C@@H](C)OC(=O)/C(=C/c1cccs1)c1cccs1)oc1ccccc12. The molecule has 3 heterocycles. The molecule has 0 aliphatic carbocycles. The molecule has 176 valence electrons. The smallest absolute Gasteiger partial charge is 0.340 e. The number of hydrogen-bond acceptors (Lipinski definition) is 7. The van der Waals surface area contributed by atoms with Crippen molar-refractivity contribution in [3.63, 3.8) is 0 Å². The second-order valence-corrected chi connectivity index (χ2v) is 9.66. The summed E-state index contributed by atoms with van der Waals surface area (Å²) < 4.78 is 17.0. The van der Waals surface area contributed by atoms with Crippen molar-refractivity contribution in [3.8, 4) is 5.75 Å². The summed E-state index contributed by atoms with van der Waals surface area (Å²) in [5.74, 6) is -0.565. The van der Waals surface area contributed by atoms with Gasteiger partial charge in [0.15, 0.2) is 6.10 Å². The highest BCUT2D eigenvalue weighted by molar-refractivity contribution is 7.12. The summed E-state index contributed by atoms with van der Waals surface area (Å²) in [4.78, 5) is 27.7. The van der Waals surface area contributed by atoms with Gasteiger partial charge in [-0.3, -0.25) is 4.79 Å². The standard InChI is InChI=1S/C27H21NO5S2/c1-16(32-27(30)20(25-10-6-12-35-25)13-17-7-5-11-34-17)26(29)28-21-15-23-19(14-24(21)31-2)18-8-3-4-9-22(18)33-23/h3-16H,1-2H3,(H,28,29)/b20-13+/t16-/m1/s1. The fourth-order valence-electron chi connectivity index (χ4n) is 3.71. The predicted octanol–water partition coefficient (Wildman–Crippen LogP) is 6.83. The highest BCUT2D eigenvalue weighted by Crippen LogP contribution is 2.36. The molecule has 0 unspecified atom stereocenters. The molecule has 0 saturated heterocycles. The zero-order chi connectivity index (χ0) is 24.4. The first kappa shape index (κ1) is 22.9. The molecule has 6 nitrogen and oxygen atoms in total. The summed E-state index contributed by atoms with van der Waals surface area (Å²) in [7, 11) is 1.53. The van der Waals surface area contributed by atoms with Gasteiger partial charge in [0.1, 0.15) is 16.9 Å². The molecule has 2 aromatic carbocycles. The summed E-state index contributed by atoms with van der Waals surface area (Å²) in [5, 5.41) is 8.47. The van der Waals surface area contributed by atoms with Crippen molar-refractivity contribution in [1.82, 2.24) is 0 Å². The second kappa shape index (κ2) is 9.77. The van der Waals surface area contributed by atoms with Gasteiger partial charge in [0, 0.05) is 26.6 Å². The van der Waals surface area contributed by atoms with Crippen molar-refractivity contribution >= 4 is 73.8 Å². The molecule has 0 aliphatic rings. The second-order valence-electron chi connectivity index (χ2n) is 7.73. The van der Waals surface area contributed by atoms with E-state index in [9.17, 15) is 9.59 Å². The van der Waals surface area contributed by atoms with E-state index < -0.39 is 18.0 Å². The summed E-state index contributed by atoms with van der Waals surface area (Å²) in [6.07, 6.45) is 0.743. The van der Waals surface area contributed by atoms with Crippen LogP contribution in [0.3, 0.4) is 0 Å². The number of nitrogens with one attached hydrogen (secondary N) is 1. The lowest BCUT2D eigenvalue weighted by Crippen LogP contribution is -2.30. The third-order valence-electron chi connectivity index (χ3n) is 5.45. The zero-order valence-corrected chi connectivity index (χ0v) is 20.6. The molecule has 0 fully saturated rings. The predicted molar refractivity (Wildman–Crippen MR) is 141 cm³/mol. The molecule has 3 aromatic heterocycles. The molecule has 0 radical (unpaired) electrons. The molecular weight excluding hydrogens is 482 g/mol. The summed E-state index contributed by atoms with van der Waals surface area (Å²) in [5.41, 5.74) is 2.20. The van der Waals surface area contributed by atoms with Gasteiger partial charge in [-0.05, 0) is 48.0 Å². The van der Waals surface area contributed by atoms with Crippen molar-refractivity contribution in [2.45, 2.75) is 13.0 Å². The van der Waals surface area contributed by atoms with Gasteiger partial charge in [-0.25, -0.2) is 4.79 Å². The van der Waals surface area contributed by atoms with Gasteiger partial charge in [-0.1, -0.05) is 30.3 Å². The van der Waals surface area contributed by atoms with Gasteiger partial charge in [-0.2, -0.15) is 0 Å². The van der Waals surface area contributed by atoms with Gasteiger partial charge in [-0.15, -0.1) is 22.7 Å². The van der Waals surface area contributed by atoms with Crippen LogP contribution in [-0.2, 0) is 14.3 Å². The average molecular weight is 504 g/mol. The first-order valence-corrected chi connectivity index (χ1v) is 12.6. The first-order valence-electron chi connectivity index (χ1n) is 10.8. The fraction of sp³-hybridized carbons (Fsp3) is 0.111. The summed E-state index contributed by atoms with van der Waals surface area (Å²) >= 11 is 2.95. The number of rotatable bonds is 7. The van der Waals surface area contributed by atoms with Crippen LogP contribution < -0.4 is 10.1 Å². The van der Waals surface area contributed by atoms with Crippen LogP contribution in [0, 0.1) is 0 Å². The Balaban J connectivity index is 1.37. The highest BCUT2D eigenvalue weighted by atomic mass is 32.1. The van der Waals surface area contributed by atoms with E-state index in [2.05, 4.69) is 5.32 Å². The Kier molecular flexibility index (Phi) is 6.39. The van der Waals surface area contributed by atoms with Crippen molar-refractivity contribution < 1.29 is 23.5 Å². The van der Waals surface area contributed by atoms with Crippen LogP contribution in [0.5, 0.6) is 5.75 Å². The van der Waals surface area contributed by atoms with E-state index in [4.69, 9.17) is 13.9 Å². The van der Waals surface area contributed by atoms with E-state index in [1.165, 1.54) is 36.7 Å². The fourth-order valence-corrected chi connectivity index (χ4v) is 5.10. The minimum Gasteiger partial charge on any atom is -0.495 e. The number of hydrogen-bond donors (Lipinski definition) is 1. The van der Waals surface area contributed by atoms with Gasteiger partial charge >= 0.3 is 5.97 Å². The first-order chi connectivity index (χ1) is 17.0. The topological polar surface area (TPSA) is 77.8 Å². The molecule has 35 heavy (non-hydrogen) atoms. The molecule has 0 aliphatic heterocycles. The van der Waals surface area contributed by atoms with E-state index >= 15 is 0 Å². The number of anilines is 1. The normalized spacial score (nSPS) is 12.6. The molecule has 1 atom stereocenters. The number of esters is 1. The Hall–Kier alpha value is -3.88. The van der Waals surface area contributed by atoms with Crippen LogP contribution in [0.25, 0.3) is 33.6 Å². The molecule has 1 N–H and O–H groups in total. The van der Waals surface area contributed by atoms with E-state index in [0.29, 0.717) is 22.6 Å². The molecular formula is C27H21NO5S2. The Morgan fingerprint density at radius 1 is 0.971 bits per heavy atom. The van der Waals surface area contributed by atoms with Gasteiger partial charge < -0.3 is 19.2 Å². The van der Waals surface area contributed by atoms with Crippen LogP contribution >= 0.6 is 22.7 Å². The number of carbonyl (C=O) groups is 2. The third kappa shape index (κ3) is 4.71. The Morgan fingerprint density at radius 3 is 2.51 bits per heavy atom. The number of methoxy groups -OCH3 is 1. The lowest BCUT2D eigenvalue weighted by Gasteiger charge is -2.16. The molecule has 0 bridgehead atoms. The van der Waals surface area contributed by atoms with E-state index in [1.807, 2.05) is 65.4 Å². The lowest BCUT2D eigenvalue weighted by molar-refractivity contribution is -0.147. The van der Waals surface area contributed by atoms with E-state index in [-0.39, 0.29) is 0 Å². The van der Waals surface area contributed by atoms with E-state index in [0.717, 1.165) is 26.1 Å². The van der Waals surface area contributed by atoms with Crippen LogP contribution in [0.2, 0.25) is 0 Å². The number of carbonyl (C=O) groups excluding carboxylic acids is 2. The van der Waals surface area contributed by atoms with Crippen molar-refractivity contribution in [2.75, 3.05) is 12.4 Å². The number of ether oxygens (including phenoxy) is 2. The maximum absolute atomic E-state index is 13.0. The number of benzene rings is 2. The van der Waals surface area contributed by atoms with Crippen LogP contribution in [0.15, 0.2) is 75.8 Å². The number of thiophene rings is 2. The van der Waals surface area contributed by atoms with Gasteiger partial charge in [0.05, 0.1) is 18.4 Å². The largest absolute Gasteiger partial charge is 0.495 e. The van der Waals surface area contributed by atoms with Crippen LogP contribution in [0.1, 0.15) is 16.7 Å². The van der Waals surface area contributed by atoms with Gasteiger partial charge in [0.2, 0.25) is 0 Å². The number of furan rings is 1. The van der Waals surface area contributed by atoms with E-state index in [1.54, 1.807) is 12.1 Å². The Bertz CT molecular complexity index is 1530. The van der Waals surface area contributed by atoms with Crippen LogP contribution in [0.4, 0.5) is 5.69 Å². The Morgan fingerprint density at radius 2 is 1.77 bits per heavy atom. The minimum absolute atomic E-state index is 0.406. The molecule has 0 saturated carbocycles. The average Bonchev–Trinajstić information content (AvgIpc) is 3.63. The van der Waals surface area contributed by atoms with Crippen molar-refractivity contribution in [2.24, 2.45) is 0 Å². The summed E-state index contributed by atoms with van der Waals surface area (Å²) in [6.45, 7) is 1.54. The molecule has 1 amide bonds. The lowest BCUT2D eigenvalue weighted by atomic mass is 10.1. The number of fused-ring (bicyclic) bond motifs is 3. The maximum Gasteiger partial charge on any atom is 0.340 e. The maximum atomic E-state index is 13.0. The van der Waals surface area contributed by atoms with Gasteiger partial charge in [0.25, 0.3) is 5.91 Å². The zero-order valence-electron chi connectivity index (χ0n) is 18.9. The monoisotopic (exact) mass is 503 g/mol. The third-order valence-corrected chi connectivity index (χ3v) is 7.17. The quantitative estimate of drug-likeness (QED) is 0.195. The number of para-hydroxylation sites is 1. The molecule has 5 rings (SSSR count). The number of amides is 1. The minimum atomic E-state index is -1.04. The van der Waals surface area contributed by atoms with Crippen molar-refractivity contribution in [3.05, 3.63) is 81.2 Å². The van der Waals surface area contributed by atoms with Crippen molar-refractivity contribution in [1.29, 1.82) is 0 Å². The highest BCUT2D eigenvalue weighted by Gasteiger charge is 2.24.